The molecule has 0 aliphatic carbocycles. The van der Waals surface area contributed by atoms with E-state index in [0.29, 0.717) is 5.95 Å². The summed E-state index contributed by atoms with van der Waals surface area (Å²) in [4.78, 5) is 19.8. The smallest absolute Gasteiger partial charge is 0.223 e. The molecule has 0 aromatic carbocycles. The molecule has 1 aliphatic rings. The number of rotatable bonds is 6. The molecule has 0 spiro atoms. The fourth-order valence-electron chi connectivity index (χ4n) is 2.98. The molecule has 0 unspecified atom stereocenters. The van der Waals surface area contributed by atoms with Crippen molar-refractivity contribution in [3.8, 4) is 21.1 Å². The molecule has 26 heavy (non-hydrogen) atoms. The minimum absolute atomic E-state index is 0.671. The molecule has 8 heteroatoms. The molecule has 1 saturated heterocycles. The van der Waals surface area contributed by atoms with Crippen LogP contribution in [0.4, 0.5) is 5.95 Å². The molecular weight excluding hydrogens is 364 g/mol. The number of aromatic nitrogens is 3. The second kappa shape index (κ2) is 8.22. The number of nitrogens with zero attached hydrogens (tertiary/aromatic N) is 5. The number of likely N-dealkylation sites (N-methyl/N-ethyl adjacent to an activating group) is 1. The molecule has 0 radical (unpaired) electrons. The Labute approximate surface area is 161 Å². The lowest BCUT2D eigenvalue weighted by atomic mass is 10.2. The quantitative estimate of drug-likeness (QED) is 0.703. The number of hydrogen-bond acceptors (Lipinski definition) is 8. The van der Waals surface area contributed by atoms with E-state index in [1.54, 1.807) is 22.7 Å². The molecule has 0 atom stereocenters. The van der Waals surface area contributed by atoms with Gasteiger partial charge in [-0.05, 0) is 18.5 Å². The monoisotopic (exact) mass is 386 g/mol. The summed E-state index contributed by atoms with van der Waals surface area (Å²) in [7, 11) is 2.18. The van der Waals surface area contributed by atoms with E-state index in [1.165, 1.54) is 4.88 Å². The van der Waals surface area contributed by atoms with Gasteiger partial charge in [-0.25, -0.2) is 15.0 Å². The summed E-state index contributed by atoms with van der Waals surface area (Å²) in [6.07, 6.45) is 3.73. The Morgan fingerprint density at radius 1 is 1.12 bits per heavy atom. The summed E-state index contributed by atoms with van der Waals surface area (Å²) in [6.45, 7) is 6.39. The summed E-state index contributed by atoms with van der Waals surface area (Å²) >= 11 is 3.30. The first-order valence-corrected chi connectivity index (χ1v) is 10.5. The maximum atomic E-state index is 4.77. The van der Waals surface area contributed by atoms with Crippen LogP contribution in [0, 0.1) is 0 Å². The summed E-state index contributed by atoms with van der Waals surface area (Å²) in [5.74, 6) is 0.671. The average Bonchev–Trinajstić information content (AvgIpc) is 3.37. The molecule has 6 nitrogen and oxygen atoms in total. The van der Waals surface area contributed by atoms with Crippen LogP contribution in [0.5, 0.6) is 0 Å². The second-order valence-electron chi connectivity index (χ2n) is 6.34. The van der Waals surface area contributed by atoms with Crippen molar-refractivity contribution in [1.82, 2.24) is 24.8 Å². The second-order valence-corrected chi connectivity index (χ2v) is 8.18. The number of anilines is 1. The minimum Gasteiger partial charge on any atom is -0.353 e. The molecule has 1 fully saturated rings. The van der Waals surface area contributed by atoms with E-state index in [-0.39, 0.29) is 0 Å². The van der Waals surface area contributed by atoms with Crippen LogP contribution in [0.15, 0.2) is 35.3 Å². The molecule has 136 valence electrons. The molecule has 1 aliphatic heterocycles. The Bertz CT molecular complexity index is 810. The summed E-state index contributed by atoms with van der Waals surface area (Å²) in [5.41, 5.74) is 1.94. The van der Waals surface area contributed by atoms with Gasteiger partial charge in [0.1, 0.15) is 10.7 Å². The fraction of sp³-hybridized carbons (Fsp3) is 0.389. The zero-order valence-electron chi connectivity index (χ0n) is 14.8. The fourth-order valence-corrected chi connectivity index (χ4v) is 4.36. The SMILES string of the molecule is CN1CCN(CCNc2ncc(-c3cccs3)c(-c3nccs3)n2)CC1. The van der Waals surface area contributed by atoms with Gasteiger partial charge in [-0.15, -0.1) is 22.7 Å². The maximum absolute atomic E-state index is 4.77. The first-order valence-electron chi connectivity index (χ1n) is 8.75. The number of piperazine rings is 1. The van der Waals surface area contributed by atoms with Gasteiger partial charge in [-0.1, -0.05) is 6.07 Å². The van der Waals surface area contributed by atoms with Crippen LogP contribution in [0.3, 0.4) is 0 Å². The van der Waals surface area contributed by atoms with E-state index < -0.39 is 0 Å². The highest BCUT2D eigenvalue weighted by Gasteiger charge is 2.15. The molecule has 0 bridgehead atoms. The van der Waals surface area contributed by atoms with Gasteiger partial charge in [0.05, 0.1) is 0 Å². The predicted molar refractivity (Wildman–Crippen MR) is 109 cm³/mol. The Hall–Kier alpha value is -1.87. The molecule has 4 heterocycles. The van der Waals surface area contributed by atoms with Crippen molar-refractivity contribution in [2.75, 3.05) is 51.6 Å². The van der Waals surface area contributed by atoms with Crippen LogP contribution in [0.1, 0.15) is 0 Å². The van der Waals surface area contributed by atoms with Crippen LogP contribution in [0.2, 0.25) is 0 Å². The van der Waals surface area contributed by atoms with Crippen LogP contribution in [0.25, 0.3) is 21.1 Å². The highest BCUT2D eigenvalue weighted by atomic mass is 32.1. The molecule has 0 saturated carbocycles. The first-order chi connectivity index (χ1) is 12.8. The molecule has 3 aromatic rings. The van der Waals surface area contributed by atoms with E-state index in [9.17, 15) is 0 Å². The number of hydrogen-bond donors (Lipinski definition) is 1. The lowest BCUT2D eigenvalue weighted by Gasteiger charge is -2.32. The number of nitrogens with one attached hydrogen (secondary N) is 1. The topological polar surface area (TPSA) is 57.2 Å². The summed E-state index contributed by atoms with van der Waals surface area (Å²) in [6, 6.07) is 4.15. The molecule has 4 rings (SSSR count). The van der Waals surface area contributed by atoms with Crippen LogP contribution in [-0.4, -0.2) is 71.1 Å². The van der Waals surface area contributed by atoms with Crippen molar-refractivity contribution in [3.63, 3.8) is 0 Å². The summed E-state index contributed by atoms with van der Waals surface area (Å²) < 4.78 is 0. The van der Waals surface area contributed by atoms with Crippen molar-refractivity contribution in [1.29, 1.82) is 0 Å². The third kappa shape index (κ3) is 4.09. The van der Waals surface area contributed by atoms with Gasteiger partial charge in [0.2, 0.25) is 5.95 Å². The molecule has 1 N–H and O–H groups in total. The van der Waals surface area contributed by atoms with Crippen LogP contribution >= 0.6 is 22.7 Å². The van der Waals surface area contributed by atoms with E-state index in [2.05, 4.69) is 43.6 Å². The Kier molecular flexibility index (Phi) is 5.54. The highest BCUT2D eigenvalue weighted by molar-refractivity contribution is 7.14. The van der Waals surface area contributed by atoms with Gasteiger partial charge in [0, 0.05) is 67.5 Å². The van der Waals surface area contributed by atoms with Crippen molar-refractivity contribution >= 4 is 28.6 Å². The zero-order chi connectivity index (χ0) is 17.8. The van der Waals surface area contributed by atoms with E-state index in [4.69, 9.17) is 4.98 Å². The standard InChI is InChI=1S/C18H22N6S2/c1-23-7-9-24(10-8-23)6-4-20-18-21-13-14(15-3-2-11-25-15)16(22-18)17-19-5-12-26-17/h2-3,5,11-13H,4,6-10H2,1H3,(H,20,21,22). The molecular formula is C18H22N6S2. The van der Waals surface area contributed by atoms with Gasteiger partial charge >= 0.3 is 0 Å². The minimum atomic E-state index is 0.671. The normalized spacial score (nSPS) is 16.0. The van der Waals surface area contributed by atoms with Gasteiger partial charge in [-0.3, -0.25) is 4.90 Å². The maximum Gasteiger partial charge on any atom is 0.223 e. The summed E-state index contributed by atoms with van der Waals surface area (Å²) in [5, 5.41) is 8.36. The lowest BCUT2D eigenvalue weighted by Crippen LogP contribution is -2.45. The predicted octanol–water partition coefficient (Wildman–Crippen LogP) is 2.99. The number of thiazole rings is 1. The number of thiophene rings is 1. The van der Waals surface area contributed by atoms with E-state index >= 15 is 0 Å². The lowest BCUT2D eigenvalue weighted by molar-refractivity contribution is 0.158. The van der Waals surface area contributed by atoms with Crippen molar-refractivity contribution in [3.05, 3.63) is 35.3 Å². The van der Waals surface area contributed by atoms with Gasteiger partial charge in [0.15, 0.2) is 0 Å². The Morgan fingerprint density at radius 2 is 2.00 bits per heavy atom. The van der Waals surface area contributed by atoms with Gasteiger partial charge in [-0.2, -0.15) is 0 Å². The van der Waals surface area contributed by atoms with Gasteiger partial charge < -0.3 is 10.2 Å². The third-order valence-corrected chi connectivity index (χ3v) is 6.20. The zero-order valence-corrected chi connectivity index (χ0v) is 16.4. The van der Waals surface area contributed by atoms with Crippen molar-refractivity contribution < 1.29 is 0 Å². The highest BCUT2D eigenvalue weighted by Crippen LogP contribution is 2.34. The van der Waals surface area contributed by atoms with E-state index in [1.807, 2.05) is 23.8 Å². The Morgan fingerprint density at radius 3 is 2.73 bits per heavy atom. The first kappa shape index (κ1) is 17.5. The van der Waals surface area contributed by atoms with Crippen LogP contribution < -0.4 is 5.32 Å². The van der Waals surface area contributed by atoms with Gasteiger partial charge in [0.25, 0.3) is 0 Å². The average molecular weight is 387 g/mol. The Balaban J connectivity index is 1.46. The van der Waals surface area contributed by atoms with Crippen LogP contribution in [-0.2, 0) is 0 Å². The van der Waals surface area contributed by atoms with Crippen molar-refractivity contribution in [2.24, 2.45) is 0 Å². The van der Waals surface area contributed by atoms with E-state index in [0.717, 1.165) is 55.5 Å². The largest absolute Gasteiger partial charge is 0.353 e. The third-order valence-electron chi connectivity index (χ3n) is 4.52. The van der Waals surface area contributed by atoms with Crippen molar-refractivity contribution in [2.45, 2.75) is 0 Å². The molecule has 0 amide bonds. The molecule has 3 aromatic heterocycles.